The Balaban J connectivity index is 2.38. The maximum absolute atomic E-state index is 10.3. The summed E-state index contributed by atoms with van der Waals surface area (Å²) >= 11 is 10.2. The molecular weight excluding hydrogens is 372 g/mol. The number of aliphatic hydroxyl groups excluding tert-OH is 1. The van der Waals surface area contributed by atoms with Crippen LogP contribution < -0.4 is 0 Å². The molecule has 1 N–H and O–H groups in total. The fraction of sp³-hybridized carbons (Fsp3) is 0.273. The average molecular weight is 382 g/mol. The van der Waals surface area contributed by atoms with Crippen LogP contribution in [0.1, 0.15) is 26.3 Å². The van der Waals surface area contributed by atoms with Crippen molar-refractivity contribution >= 4 is 54.5 Å². The SMILES string of the molecule is Cc1cc(Br)c(C(O)c2cc(C)c(Br)s2)s1. The Bertz CT molecular complexity index is 497. The second-order valence-corrected chi connectivity index (χ2v) is 8.12. The Morgan fingerprint density at radius 3 is 2.31 bits per heavy atom. The molecule has 0 aliphatic carbocycles. The first-order valence-electron chi connectivity index (χ1n) is 4.68. The summed E-state index contributed by atoms with van der Waals surface area (Å²) in [4.78, 5) is 3.16. The summed E-state index contributed by atoms with van der Waals surface area (Å²) < 4.78 is 2.08. The number of rotatable bonds is 2. The van der Waals surface area contributed by atoms with E-state index in [0.717, 1.165) is 18.0 Å². The fourth-order valence-corrected chi connectivity index (χ4v) is 4.95. The highest BCUT2D eigenvalue weighted by molar-refractivity contribution is 9.11. The van der Waals surface area contributed by atoms with E-state index in [1.807, 2.05) is 26.0 Å². The summed E-state index contributed by atoms with van der Waals surface area (Å²) in [6, 6.07) is 4.07. The van der Waals surface area contributed by atoms with E-state index in [2.05, 4.69) is 31.9 Å². The first kappa shape index (κ1) is 12.8. The molecule has 2 rings (SSSR count). The third kappa shape index (κ3) is 2.43. The molecule has 0 aliphatic heterocycles. The van der Waals surface area contributed by atoms with Gasteiger partial charge in [-0.25, -0.2) is 0 Å². The van der Waals surface area contributed by atoms with Crippen molar-refractivity contribution in [3.63, 3.8) is 0 Å². The molecule has 0 amide bonds. The molecule has 0 saturated carbocycles. The van der Waals surface area contributed by atoms with Gasteiger partial charge in [-0.3, -0.25) is 0 Å². The molecule has 0 radical (unpaired) electrons. The quantitative estimate of drug-likeness (QED) is 0.772. The summed E-state index contributed by atoms with van der Waals surface area (Å²) in [5, 5.41) is 10.3. The number of hydrogen-bond acceptors (Lipinski definition) is 3. The molecule has 0 spiro atoms. The Morgan fingerprint density at radius 1 is 1.19 bits per heavy atom. The summed E-state index contributed by atoms with van der Waals surface area (Å²) in [6.45, 7) is 4.08. The van der Waals surface area contributed by atoms with Crippen LogP contribution >= 0.6 is 54.5 Å². The van der Waals surface area contributed by atoms with Gasteiger partial charge in [-0.05, 0) is 63.4 Å². The second-order valence-electron chi connectivity index (χ2n) is 3.58. The number of thiophene rings is 2. The first-order valence-corrected chi connectivity index (χ1v) is 7.90. The molecule has 0 bridgehead atoms. The van der Waals surface area contributed by atoms with Gasteiger partial charge in [-0.2, -0.15) is 0 Å². The van der Waals surface area contributed by atoms with Gasteiger partial charge in [0, 0.05) is 14.2 Å². The number of aliphatic hydroxyl groups is 1. The van der Waals surface area contributed by atoms with Gasteiger partial charge in [-0.1, -0.05) is 0 Å². The fourth-order valence-electron chi connectivity index (χ4n) is 1.44. The molecular formula is C11H10Br2OS2. The highest BCUT2D eigenvalue weighted by atomic mass is 79.9. The normalized spacial score (nSPS) is 13.1. The lowest BCUT2D eigenvalue weighted by Crippen LogP contribution is -1.94. The standard InChI is InChI=1S/C11H10Br2OS2/c1-5-3-8(16-11(5)13)9(14)10-7(12)4-6(2)15-10/h3-4,9,14H,1-2H3. The summed E-state index contributed by atoms with van der Waals surface area (Å²) in [6.07, 6.45) is -0.525. The van der Waals surface area contributed by atoms with Gasteiger partial charge in [0.05, 0.1) is 8.66 Å². The predicted octanol–water partition coefficient (Wildman–Crippen LogP) is 5.03. The van der Waals surface area contributed by atoms with E-state index in [1.54, 1.807) is 22.7 Å². The number of halogens is 2. The van der Waals surface area contributed by atoms with E-state index in [0.29, 0.717) is 0 Å². The third-order valence-electron chi connectivity index (χ3n) is 2.23. The zero-order chi connectivity index (χ0) is 11.9. The van der Waals surface area contributed by atoms with Crippen molar-refractivity contribution in [2.75, 3.05) is 0 Å². The van der Waals surface area contributed by atoms with Crippen LogP contribution in [-0.2, 0) is 0 Å². The van der Waals surface area contributed by atoms with Crippen LogP contribution in [0.25, 0.3) is 0 Å². The average Bonchev–Trinajstić information content (AvgIpc) is 2.70. The Labute approximate surface area is 119 Å². The van der Waals surface area contributed by atoms with Gasteiger partial charge in [0.1, 0.15) is 6.10 Å². The van der Waals surface area contributed by atoms with Crippen LogP contribution in [-0.4, -0.2) is 5.11 Å². The Hall–Kier alpha value is 0.320. The van der Waals surface area contributed by atoms with Gasteiger partial charge >= 0.3 is 0 Å². The monoisotopic (exact) mass is 380 g/mol. The van der Waals surface area contributed by atoms with Crippen molar-refractivity contribution in [3.05, 3.63) is 40.6 Å². The molecule has 2 aromatic heterocycles. The lowest BCUT2D eigenvalue weighted by atomic mass is 10.2. The van der Waals surface area contributed by atoms with Crippen molar-refractivity contribution in [1.29, 1.82) is 0 Å². The van der Waals surface area contributed by atoms with E-state index in [9.17, 15) is 5.11 Å². The molecule has 1 unspecified atom stereocenters. The Morgan fingerprint density at radius 2 is 1.88 bits per heavy atom. The molecule has 16 heavy (non-hydrogen) atoms. The van der Waals surface area contributed by atoms with Crippen molar-refractivity contribution in [1.82, 2.24) is 0 Å². The molecule has 2 heterocycles. The van der Waals surface area contributed by atoms with Gasteiger partial charge in [0.2, 0.25) is 0 Å². The Kier molecular flexibility index (Phi) is 3.91. The third-order valence-corrected chi connectivity index (χ3v) is 6.44. The van der Waals surface area contributed by atoms with Gasteiger partial charge in [-0.15, -0.1) is 22.7 Å². The second kappa shape index (κ2) is 4.90. The van der Waals surface area contributed by atoms with Crippen molar-refractivity contribution in [3.8, 4) is 0 Å². The minimum Gasteiger partial charge on any atom is -0.382 e. The highest BCUT2D eigenvalue weighted by Gasteiger charge is 2.19. The topological polar surface area (TPSA) is 20.2 Å². The molecule has 1 nitrogen and oxygen atoms in total. The molecule has 0 aliphatic rings. The van der Waals surface area contributed by atoms with Gasteiger partial charge < -0.3 is 5.11 Å². The first-order chi connectivity index (χ1) is 7.49. The molecule has 5 heteroatoms. The van der Waals surface area contributed by atoms with Crippen LogP contribution in [0, 0.1) is 13.8 Å². The van der Waals surface area contributed by atoms with Crippen LogP contribution in [0.3, 0.4) is 0 Å². The van der Waals surface area contributed by atoms with Crippen molar-refractivity contribution < 1.29 is 5.11 Å². The van der Waals surface area contributed by atoms with Gasteiger partial charge in [0.25, 0.3) is 0 Å². The molecule has 1 atom stereocenters. The summed E-state index contributed by atoms with van der Waals surface area (Å²) in [7, 11) is 0. The number of hydrogen-bond donors (Lipinski definition) is 1. The van der Waals surface area contributed by atoms with Crippen LogP contribution in [0.5, 0.6) is 0 Å². The van der Waals surface area contributed by atoms with Crippen LogP contribution in [0.15, 0.2) is 20.4 Å². The smallest absolute Gasteiger partial charge is 0.123 e. The maximum Gasteiger partial charge on any atom is 0.123 e. The molecule has 0 aromatic carbocycles. The van der Waals surface area contributed by atoms with Crippen molar-refractivity contribution in [2.45, 2.75) is 20.0 Å². The zero-order valence-electron chi connectivity index (χ0n) is 8.75. The van der Waals surface area contributed by atoms with Crippen LogP contribution in [0.2, 0.25) is 0 Å². The number of aryl methyl sites for hydroxylation is 2. The lowest BCUT2D eigenvalue weighted by Gasteiger charge is -2.06. The largest absolute Gasteiger partial charge is 0.382 e. The van der Waals surface area contributed by atoms with E-state index in [1.165, 1.54) is 10.4 Å². The van der Waals surface area contributed by atoms with Crippen molar-refractivity contribution in [2.24, 2.45) is 0 Å². The minimum atomic E-state index is -0.525. The molecule has 86 valence electrons. The minimum absolute atomic E-state index is 0.525. The zero-order valence-corrected chi connectivity index (χ0v) is 13.6. The molecule has 2 aromatic rings. The summed E-state index contributed by atoms with van der Waals surface area (Å²) in [5.74, 6) is 0. The van der Waals surface area contributed by atoms with E-state index < -0.39 is 6.10 Å². The molecule has 0 saturated heterocycles. The summed E-state index contributed by atoms with van der Waals surface area (Å²) in [5.41, 5.74) is 1.17. The lowest BCUT2D eigenvalue weighted by molar-refractivity contribution is 0.227. The molecule has 0 fully saturated rings. The van der Waals surface area contributed by atoms with E-state index >= 15 is 0 Å². The van der Waals surface area contributed by atoms with Gasteiger partial charge in [0.15, 0.2) is 0 Å². The predicted molar refractivity (Wildman–Crippen MR) is 77.6 cm³/mol. The highest BCUT2D eigenvalue weighted by Crippen LogP contribution is 2.39. The van der Waals surface area contributed by atoms with Crippen LogP contribution in [0.4, 0.5) is 0 Å². The van der Waals surface area contributed by atoms with E-state index in [-0.39, 0.29) is 0 Å². The maximum atomic E-state index is 10.3. The van der Waals surface area contributed by atoms with E-state index in [4.69, 9.17) is 0 Å².